The molecule has 3 rings (SSSR count). The summed E-state index contributed by atoms with van der Waals surface area (Å²) in [5.41, 5.74) is 8.52. The van der Waals surface area contributed by atoms with Crippen molar-refractivity contribution >= 4 is 11.5 Å². The molecule has 0 spiro atoms. The summed E-state index contributed by atoms with van der Waals surface area (Å²) in [6, 6.07) is 6.40. The van der Waals surface area contributed by atoms with Crippen LogP contribution in [0, 0.1) is 5.92 Å². The van der Waals surface area contributed by atoms with Crippen LogP contribution in [0.3, 0.4) is 0 Å². The Bertz CT molecular complexity index is 604. The first-order valence-corrected chi connectivity index (χ1v) is 8.19. The molecule has 2 aromatic heterocycles. The Morgan fingerprint density at radius 1 is 1.38 bits per heavy atom. The van der Waals surface area contributed by atoms with Crippen molar-refractivity contribution in [3.63, 3.8) is 0 Å². The molecule has 4 heteroatoms. The predicted octanol–water partition coefficient (Wildman–Crippen LogP) is 2.85. The highest BCUT2D eigenvalue weighted by molar-refractivity contribution is 5.56. The van der Waals surface area contributed by atoms with Gasteiger partial charge in [0.05, 0.1) is 5.69 Å². The first kappa shape index (κ1) is 14.4. The third kappa shape index (κ3) is 2.77. The number of imidazole rings is 1. The third-order valence-corrected chi connectivity index (χ3v) is 4.75. The van der Waals surface area contributed by atoms with Gasteiger partial charge in [-0.25, -0.2) is 4.98 Å². The second-order valence-electron chi connectivity index (χ2n) is 6.19. The third-order valence-electron chi connectivity index (χ3n) is 4.75. The van der Waals surface area contributed by atoms with Gasteiger partial charge in [0.25, 0.3) is 0 Å². The zero-order valence-corrected chi connectivity index (χ0v) is 13.1. The standard InChI is InChI=1S/C17H26N4/c1-3-13-8-10-20(12-13)17-15(11-14(18)4-2)21-9-6-5-7-16(21)19-17/h5-7,9,13-14H,3-4,8,10-12,18H2,1-2H3. The Hall–Kier alpha value is -1.55. The zero-order valence-electron chi connectivity index (χ0n) is 13.1. The van der Waals surface area contributed by atoms with E-state index in [0.717, 1.165) is 43.3 Å². The van der Waals surface area contributed by atoms with Gasteiger partial charge in [-0.2, -0.15) is 0 Å². The van der Waals surface area contributed by atoms with Gasteiger partial charge in [-0.3, -0.25) is 0 Å². The molecule has 1 aliphatic heterocycles. The molecular formula is C17H26N4. The summed E-state index contributed by atoms with van der Waals surface area (Å²) < 4.78 is 2.21. The Kier molecular flexibility index (Phi) is 4.15. The highest BCUT2D eigenvalue weighted by Gasteiger charge is 2.26. The SMILES string of the molecule is CCC(N)Cc1c(N2CCC(CC)C2)nc2ccccn12. The predicted molar refractivity (Wildman–Crippen MR) is 87.8 cm³/mol. The van der Waals surface area contributed by atoms with Gasteiger partial charge in [0.15, 0.2) is 5.82 Å². The Labute approximate surface area is 127 Å². The normalized spacial score (nSPS) is 20.3. The lowest BCUT2D eigenvalue weighted by Gasteiger charge is -2.19. The molecule has 0 bridgehead atoms. The van der Waals surface area contributed by atoms with E-state index in [1.165, 1.54) is 18.5 Å². The highest BCUT2D eigenvalue weighted by atomic mass is 15.2. The van der Waals surface area contributed by atoms with Gasteiger partial charge in [-0.1, -0.05) is 26.3 Å². The van der Waals surface area contributed by atoms with Crippen molar-refractivity contribution in [1.29, 1.82) is 0 Å². The first-order chi connectivity index (χ1) is 10.2. The quantitative estimate of drug-likeness (QED) is 0.919. The van der Waals surface area contributed by atoms with E-state index in [0.29, 0.717) is 0 Å². The van der Waals surface area contributed by atoms with Crippen molar-refractivity contribution < 1.29 is 0 Å². The maximum Gasteiger partial charge on any atom is 0.151 e. The molecule has 0 aromatic carbocycles. The summed E-state index contributed by atoms with van der Waals surface area (Å²) in [5.74, 6) is 1.96. The van der Waals surface area contributed by atoms with Crippen molar-refractivity contribution in [3.8, 4) is 0 Å². The van der Waals surface area contributed by atoms with Crippen LogP contribution in [0.5, 0.6) is 0 Å². The van der Waals surface area contributed by atoms with Gasteiger partial charge in [0.2, 0.25) is 0 Å². The minimum absolute atomic E-state index is 0.202. The molecule has 0 amide bonds. The number of anilines is 1. The molecule has 3 heterocycles. The fourth-order valence-corrected chi connectivity index (χ4v) is 3.23. The molecule has 0 radical (unpaired) electrons. The highest BCUT2D eigenvalue weighted by Crippen LogP contribution is 2.29. The van der Waals surface area contributed by atoms with Gasteiger partial charge in [-0.15, -0.1) is 0 Å². The lowest BCUT2D eigenvalue weighted by molar-refractivity contribution is 0.568. The molecular weight excluding hydrogens is 260 g/mol. The van der Waals surface area contributed by atoms with Crippen LogP contribution in [0.4, 0.5) is 5.82 Å². The topological polar surface area (TPSA) is 46.6 Å². The number of hydrogen-bond donors (Lipinski definition) is 1. The monoisotopic (exact) mass is 286 g/mol. The molecule has 2 N–H and O–H groups in total. The van der Waals surface area contributed by atoms with Gasteiger partial charge in [-0.05, 0) is 30.9 Å². The van der Waals surface area contributed by atoms with Crippen LogP contribution in [0.1, 0.15) is 38.8 Å². The van der Waals surface area contributed by atoms with Gasteiger partial charge >= 0.3 is 0 Å². The fourth-order valence-electron chi connectivity index (χ4n) is 3.23. The van der Waals surface area contributed by atoms with Gasteiger partial charge in [0, 0.05) is 31.7 Å². The van der Waals surface area contributed by atoms with Crippen molar-refractivity contribution in [2.75, 3.05) is 18.0 Å². The van der Waals surface area contributed by atoms with Crippen molar-refractivity contribution in [1.82, 2.24) is 9.38 Å². The molecule has 2 aromatic rings. The molecule has 1 aliphatic rings. The van der Waals surface area contributed by atoms with E-state index in [1.54, 1.807) is 0 Å². The van der Waals surface area contributed by atoms with Crippen molar-refractivity contribution in [3.05, 3.63) is 30.1 Å². The minimum Gasteiger partial charge on any atom is -0.355 e. The van der Waals surface area contributed by atoms with Crippen LogP contribution in [-0.2, 0) is 6.42 Å². The van der Waals surface area contributed by atoms with Crippen LogP contribution in [0.15, 0.2) is 24.4 Å². The van der Waals surface area contributed by atoms with E-state index in [-0.39, 0.29) is 6.04 Å². The van der Waals surface area contributed by atoms with Crippen molar-refractivity contribution in [2.45, 2.75) is 45.6 Å². The fraction of sp³-hybridized carbons (Fsp3) is 0.588. The van der Waals surface area contributed by atoms with Crippen molar-refractivity contribution in [2.24, 2.45) is 11.7 Å². The maximum absolute atomic E-state index is 6.22. The molecule has 2 atom stereocenters. The Morgan fingerprint density at radius 3 is 2.95 bits per heavy atom. The number of nitrogens with two attached hydrogens (primary N) is 1. The Balaban J connectivity index is 1.98. The molecule has 2 unspecified atom stereocenters. The van der Waals surface area contributed by atoms with Crippen LogP contribution < -0.4 is 10.6 Å². The molecule has 0 aliphatic carbocycles. The largest absolute Gasteiger partial charge is 0.355 e. The summed E-state index contributed by atoms with van der Waals surface area (Å²) in [5, 5.41) is 0. The van der Waals surface area contributed by atoms with E-state index in [1.807, 2.05) is 0 Å². The molecule has 0 saturated carbocycles. The van der Waals surface area contributed by atoms with Crippen LogP contribution in [-0.4, -0.2) is 28.5 Å². The summed E-state index contributed by atoms with van der Waals surface area (Å²) in [6.07, 6.45) is 6.54. The van der Waals surface area contributed by atoms with E-state index in [4.69, 9.17) is 10.7 Å². The van der Waals surface area contributed by atoms with Gasteiger partial charge in [0.1, 0.15) is 5.65 Å². The van der Waals surface area contributed by atoms with Crippen LogP contribution >= 0.6 is 0 Å². The minimum atomic E-state index is 0.202. The van der Waals surface area contributed by atoms with E-state index in [9.17, 15) is 0 Å². The summed E-state index contributed by atoms with van der Waals surface area (Å²) in [4.78, 5) is 7.34. The molecule has 1 fully saturated rings. The molecule has 21 heavy (non-hydrogen) atoms. The molecule has 114 valence electrons. The molecule has 1 saturated heterocycles. The lowest BCUT2D eigenvalue weighted by atomic mass is 10.1. The van der Waals surface area contributed by atoms with E-state index in [2.05, 4.69) is 47.5 Å². The zero-order chi connectivity index (χ0) is 14.8. The molecule has 4 nitrogen and oxygen atoms in total. The number of nitrogens with zero attached hydrogens (tertiary/aromatic N) is 3. The second kappa shape index (κ2) is 6.06. The summed E-state index contributed by atoms with van der Waals surface area (Å²) in [6.45, 7) is 6.69. The number of pyridine rings is 1. The number of fused-ring (bicyclic) bond motifs is 1. The average Bonchev–Trinajstić information content (AvgIpc) is 3.12. The lowest BCUT2D eigenvalue weighted by Crippen LogP contribution is -2.26. The average molecular weight is 286 g/mol. The number of aromatic nitrogens is 2. The van der Waals surface area contributed by atoms with Crippen LogP contribution in [0.25, 0.3) is 5.65 Å². The van der Waals surface area contributed by atoms with Crippen LogP contribution in [0.2, 0.25) is 0 Å². The Morgan fingerprint density at radius 2 is 2.24 bits per heavy atom. The second-order valence-corrected chi connectivity index (χ2v) is 6.19. The van der Waals surface area contributed by atoms with E-state index < -0.39 is 0 Å². The summed E-state index contributed by atoms with van der Waals surface area (Å²) in [7, 11) is 0. The number of rotatable bonds is 5. The summed E-state index contributed by atoms with van der Waals surface area (Å²) >= 11 is 0. The maximum atomic E-state index is 6.22. The van der Waals surface area contributed by atoms with Gasteiger partial charge < -0.3 is 15.0 Å². The van der Waals surface area contributed by atoms with E-state index >= 15 is 0 Å². The smallest absolute Gasteiger partial charge is 0.151 e. The number of hydrogen-bond acceptors (Lipinski definition) is 3. The first-order valence-electron chi connectivity index (χ1n) is 8.19.